The van der Waals surface area contributed by atoms with Crippen molar-refractivity contribution in [2.75, 3.05) is 13.1 Å². The molecule has 0 N–H and O–H groups in total. The number of nitriles is 1. The van der Waals surface area contributed by atoms with Crippen LogP contribution < -0.4 is 0 Å². The van der Waals surface area contributed by atoms with E-state index in [9.17, 15) is 14.4 Å². The van der Waals surface area contributed by atoms with Gasteiger partial charge in [-0.05, 0) is 63.6 Å². The highest BCUT2D eigenvalue weighted by molar-refractivity contribution is 6.30. The molecule has 1 aromatic heterocycles. The van der Waals surface area contributed by atoms with Crippen LogP contribution in [0.3, 0.4) is 0 Å². The third-order valence-corrected chi connectivity index (χ3v) is 4.62. The van der Waals surface area contributed by atoms with E-state index in [0.717, 1.165) is 22.6 Å². The number of rotatable bonds is 5. The maximum absolute atomic E-state index is 13.4. The minimum atomic E-state index is -0.477. The Balaban J connectivity index is 2.51. The predicted octanol–water partition coefficient (Wildman–Crippen LogP) is 4.66. The molecule has 136 valence electrons. The maximum Gasteiger partial charge on any atom is 0.264 e. The van der Waals surface area contributed by atoms with E-state index >= 15 is 0 Å². The van der Waals surface area contributed by atoms with Crippen molar-refractivity contribution in [3.63, 3.8) is 0 Å². The van der Waals surface area contributed by atoms with Crippen LogP contribution in [0.4, 0.5) is 4.39 Å². The van der Waals surface area contributed by atoms with Crippen LogP contribution in [0.5, 0.6) is 0 Å². The van der Waals surface area contributed by atoms with Gasteiger partial charge in [-0.3, -0.25) is 4.79 Å². The summed E-state index contributed by atoms with van der Waals surface area (Å²) < 4.78 is 15.4. The van der Waals surface area contributed by atoms with Gasteiger partial charge in [0, 0.05) is 30.2 Å². The molecule has 0 spiro atoms. The molecule has 0 saturated heterocycles. The first-order valence-corrected chi connectivity index (χ1v) is 8.77. The van der Waals surface area contributed by atoms with Crippen molar-refractivity contribution >= 4 is 23.6 Å². The number of amides is 1. The van der Waals surface area contributed by atoms with E-state index in [1.807, 2.05) is 44.4 Å². The smallest absolute Gasteiger partial charge is 0.264 e. The molecule has 0 aliphatic carbocycles. The molecule has 26 heavy (non-hydrogen) atoms. The molecule has 0 unspecified atom stereocenters. The largest absolute Gasteiger partial charge is 0.339 e. The van der Waals surface area contributed by atoms with Gasteiger partial charge in [0.25, 0.3) is 5.91 Å². The topological polar surface area (TPSA) is 49.0 Å². The molecule has 0 aliphatic rings. The number of benzene rings is 1. The van der Waals surface area contributed by atoms with Gasteiger partial charge in [-0.2, -0.15) is 5.26 Å². The third kappa shape index (κ3) is 3.81. The molecule has 4 nitrogen and oxygen atoms in total. The fraction of sp³-hybridized carbons (Fsp3) is 0.300. The van der Waals surface area contributed by atoms with Crippen molar-refractivity contribution in [2.45, 2.75) is 27.7 Å². The summed E-state index contributed by atoms with van der Waals surface area (Å²) in [6.45, 7) is 8.62. The average molecular weight is 374 g/mol. The maximum atomic E-state index is 13.4. The van der Waals surface area contributed by atoms with E-state index in [-0.39, 0.29) is 16.5 Å². The lowest BCUT2D eigenvalue weighted by atomic mass is 10.1. The molecular weight excluding hydrogens is 353 g/mol. The number of carbonyl (C=O) groups is 1. The van der Waals surface area contributed by atoms with Crippen LogP contribution in [0.1, 0.15) is 30.8 Å². The Morgan fingerprint density at radius 2 is 1.96 bits per heavy atom. The standard InChI is InChI=1S/C20H21ClFN3O/c1-5-24(6-2)20(26)16(12-23)10-15-9-13(3)25(14(15)4)17-7-8-19(22)18(21)11-17/h7-11H,5-6H2,1-4H3/b16-10-. The fourth-order valence-corrected chi connectivity index (χ4v) is 3.11. The lowest BCUT2D eigenvalue weighted by Gasteiger charge is -2.17. The van der Waals surface area contributed by atoms with Crippen LogP contribution in [0, 0.1) is 31.0 Å². The molecule has 1 amide bonds. The molecule has 0 radical (unpaired) electrons. The van der Waals surface area contributed by atoms with Crippen LogP contribution in [-0.2, 0) is 4.79 Å². The second kappa shape index (κ2) is 8.20. The first kappa shape index (κ1) is 19.7. The molecule has 1 heterocycles. The molecule has 0 atom stereocenters. The number of hydrogen-bond donors (Lipinski definition) is 0. The van der Waals surface area contributed by atoms with Crippen molar-refractivity contribution in [2.24, 2.45) is 0 Å². The molecule has 0 bridgehead atoms. The first-order chi connectivity index (χ1) is 12.3. The first-order valence-electron chi connectivity index (χ1n) is 8.39. The van der Waals surface area contributed by atoms with Crippen LogP contribution in [0.25, 0.3) is 11.8 Å². The van der Waals surface area contributed by atoms with Crippen molar-refractivity contribution in [1.29, 1.82) is 5.26 Å². The van der Waals surface area contributed by atoms with Gasteiger partial charge in [-0.1, -0.05) is 11.6 Å². The Labute approximate surface area is 158 Å². The summed E-state index contributed by atoms with van der Waals surface area (Å²) in [6, 6.07) is 8.40. The summed E-state index contributed by atoms with van der Waals surface area (Å²) in [5.74, 6) is -0.762. The minimum absolute atomic E-state index is 0.0431. The van der Waals surface area contributed by atoms with Gasteiger partial charge in [-0.15, -0.1) is 0 Å². The molecule has 0 fully saturated rings. The van der Waals surface area contributed by atoms with E-state index in [1.54, 1.807) is 23.1 Å². The van der Waals surface area contributed by atoms with Gasteiger partial charge in [0.2, 0.25) is 0 Å². The van der Waals surface area contributed by atoms with Gasteiger partial charge in [-0.25, -0.2) is 4.39 Å². The van der Waals surface area contributed by atoms with Crippen molar-refractivity contribution in [1.82, 2.24) is 9.47 Å². The van der Waals surface area contributed by atoms with E-state index in [4.69, 9.17) is 11.6 Å². The van der Waals surface area contributed by atoms with E-state index in [0.29, 0.717) is 13.1 Å². The Bertz CT molecular complexity index is 905. The number of hydrogen-bond acceptors (Lipinski definition) is 2. The Morgan fingerprint density at radius 1 is 1.31 bits per heavy atom. The molecule has 0 aliphatic heterocycles. The number of carbonyl (C=O) groups excluding carboxylic acids is 1. The van der Waals surface area contributed by atoms with E-state index < -0.39 is 5.82 Å². The van der Waals surface area contributed by atoms with Crippen LogP contribution in [-0.4, -0.2) is 28.5 Å². The Morgan fingerprint density at radius 3 is 2.50 bits per heavy atom. The second-order valence-electron chi connectivity index (χ2n) is 5.91. The quantitative estimate of drug-likeness (QED) is 0.565. The summed E-state index contributed by atoms with van der Waals surface area (Å²) in [6.07, 6.45) is 1.60. The van der Waals surface area contributed by atoms with E-state index in [2.05, 4.69) is 0 Å². The minimum Gasteiger partial charge on any atom is -0.339 e. The van der Waals surface area contributed by atoms with E-state index in [1.165, 1.54) is 6.07 Å². The van der Waals surface area contributed by atoms with Gasteiger partial charge < -0.3 is 9.47 Å². The predicted molar refractivity (Wildman–Crippen MR) is 102 cm³/mol. The number of nitrogens with zero attached hydrogens (tertiary/aromatic N) is 3. The SMILES string of the molecule is CCN(CC)C(=O)/C(C#N)=C\c1cc(C)n(-c2ccc(F)c(Cl)c2)c1C. The lowest BCUT2D eigenvalue weighted by Crippen LogP contribution is -2.31. The highest BCUT2D eigenvalue weighted by atomic mass is 35.5. The van der Waals surface area contributed by atoms with Crippen LogP contribution >= 0.6 is 11.6 Å². The molecule has 6 heteroatoms. The van der Waals surface area contributed by atoms with Gasteiger partial charge in [0.05, 0.1) is 5.02 Å². The van der Waals surface area contributed by atoms with Crippen molar-refractivity contribution in [3.05, 3.63) is 57.6 Å². The Kier molecular flexibility index (Phi) is 6.23. The zero-order chi connectivity index (χ0) is 19.4. The van der Waals surface area contributed by atoms with Crippen LogP contribution in [0.15, 0.2) is 29.8 Å². The normalized spacial score (nSPS) is 11.3. The van der Waals surface area contributed by atoms with Crippen molar-refractivity contribution in [3.8, 4) is 11.8 Å². The second-order valence-corrected chi connectivity index (χ2v) is 6.31. The average Bonchev–Trinajstić information content (AvgIpc) is 2.89. The van der Waals surface area contributed by atoms with Gasteiger partial charge in [0.15, 0.2) is 0 Å². The van der Waals surface area contributed by atoms with Crippen LogP contribution in [0.2, 0.25) is 5.02 Å². The zero-order valence-electron chi connectivity index (χ0n) is 15.3. The summed E-state index contributed by atoms with van der Waals surface area (Å²) >= 11 is 5.90. The molecular formula is C20H21ClFN3O. The number of halogens is 2. The highest BCUT2D eigenvalue weighted by Crippen LogP contribution is 2.26. The summed E-state index contributed by atoms with van der Waals surface area (Å²) in [7, 11) is 0. The molecule has 2 aromatic rings. The highest BCUT2D eigenvalue weighted by Gasteiger charge is 2.17. The lowest BCUT2D eigenvalue weighted by molar-refractivity contribution is -0.126. The molecule has 2 rings (SSSR count). The third-order valence-electron chi connectivity index (χ3n) is 4.33. The Hall–Kier alpha value is -2.58. The van der Waals surface area contributed by atoms with Gasteiger partial charge >= 0.3 is 0 Å². The number of likely N-dealkylation sites (N-methyl/N-ethyl adjacent to an activating group) is 1. The fourth-order valence-electron chi connectivity index (χ4n) is 2.93. The summed E-state index contributed by atoms with van der Waals surface area (Å²) in [4.78, 5) is 14.1. The van der Waals surface area contributed by atoms with Crippen molar-refractivity contribution < 1.29 is 9.18 Å². The molecule has 0 saturated carbocycles. The summed E-state index contributed by atoms with van der Waals surface area (Å²) in [5.41, 5.74) is 3.31. The number of aromatic nitrogens is 1. The summed E-state index contributed by atoms with van der Waals surface area (Å²) in [5, 5.41) is 9.46. The monoisotopic (exact) mass is 373 g/mol. The number of aryl methyl sites for hydroxylation is 1. The van der Waals surface area contributed by atoms with Gasteiger partial charge in [0.1, 0.15) is 17.5 Å². The molecule has 1 aromatic carbocycles. The zero-order valence-corrected chi connectivity index (χ0v) is 16.1.